The molecule has 0 aromatic heterocycles. The minimum atomic E-state index is -2.85. The third kappa shape index (κ3) is 3.80. The molecule has 0 bridgehead atoms. The molecule has 2 aromatic carbocycles. The lowest BCUT2D eigenvalue weighted by Crippen LogP contribution is -2.06. The van der Waals surface area contributed by atoms with Gasteiger partial charge in [0.2, 0.25) is 0 Å². The summed E-state index contributed by atoms with van der Waals surface area (Å²) in [5, 5.41) is 0. The summed E-state index contributed by atoms with van der Waals surface area (Å²) in [7, 11) is 0. The molecule has 2 aromatic rings. The molecule has 6 heteroatoms. The summed E-state index contributed by atoms with van der Waals surface area (Å²) in [6, 6.07) is 12.4. The smallest absolute Gasteiger partial charge is 0.387 e. The van der Waals surface area contributed by atoms with Gasteiger partial charge in [0.15, 0.2) is 0 Å². The van der Waals surface area contributed by atoms with E-state index in [4.69, 9.17) is 0 Å². The van der Waals surface area contributed by atoms with Crippen LogP contribution in [-0.2, 0) is 0 Å². The van der Waals surface area contributed by atoms with Gasteiger partial charge < -0.3 is 4.74 Å². The van der Waals surface area contributed by atoms with Crippen molar-refractivity contribution in [3.8, 4) is 5.75 Å². The molecule has 1 unspecified atom stereocenters. The van der Waals surface area contributed by atoms with E-state index in [2.05, 4.69) is 52.5 Å². The highest BCUT2D eigenvalue weighted by Gasteiger charge is 2.19. The van der Waals surface area contributed by atoms with Crippen LogP contribution in [0.25, 0.3) is 0 Å². The Morgan fingerprint density at radius 2 is 1.65 bits per heavy atom. The predicted molar refractivity (Wildman–Crippen MR) is 85.7 cm³/mol. The molecule has 0 saturated carbocycles. The van der Waals surface area contributed by atoms with E-state index in [0.717, 1.165) is 14.5 Å². The van der Waals surface area contributed by atoms with E-state index in [1.165, 1.54) is 6.07 Å². The number of hydrogen-bond donors (Lipinski definition) is 0. The quantitative estimate of drug-likeness (QED) is 0.477. The van der Waals surface area contributed by atoms with Crippen LogP contribution in [0.5, 0.6) is 5.75 Å². The normalized spacial score (nSPS) is 12.5. The summed E-state index contributed by atoms with van der Waals surface area (Å²) in [4.78, 5) is -0.260. The molecule has 0 fully saturated rings. The van der Waals surface area contributed by atoms with Crippen LogP contribution in [0.4, 0.5) is 8.78 Å². The van der Waals surface area contributed by atoms with Crippen LogP contribution in [0.15, 0.2) is 51.4 Å². The molecule has 2 rings (SSSR count). The van der Waals surface area contributed by atoms with E-state index in [1.807, 2.05) is 18.2 Å². The van der Waals surface area contributed by atoms with Gasteiger partial charge >= 0.3 is 6.61 Å². The van der Waals surface area contributed by atoms with Crippen molar-refractivity contribution in [3.05, 3.63) is 62.5 Å². The van der Waals surface area contributed by atoms with Gasteiger partial charge in [0.1, 0.15) is 5.75 Å². The fourth-order valence-electron chi connectivity index (χ4n) is 1.77. The standard InChI is InChI=1S/C14H9Br3F2O/c15-8-5-6-11(16)10(7-8)13(17)9-3-1-2-4-12(9)20-14(18)19/h1-7,13-14H. The van der Waals surface area contributed by atoms with Gasteiger partial charge in [-0.15, -0.1) is 0 Å². The fraction of sp³-hybridized carbons (Fsp3) is 0.143. The van der Waals surface area contributed by atoms with E-state index in [0.29, 0.717) is 5.56 Å². The number of halogens is 5. The third-order valence-corrected chi connectivity index (χ3v) is 4.84. The fourth-order valence-corrected chi connectivity index (χ4v) is 3.69. The summed E-state index contributed by atoms with van der Waals surface area (Å²) in [5.41, 5.74) is 1.57. The van der Waals surface area contributed by atoms with Crippen LogP contribution in [0.2, 0.25) is 0 Å². The minimum Gasteiger partial charge on any atom is -0.434 e. The van der Waals surface area contributed by atoms with Gasteiger partial charge in [-0.05, 0) is 29.8 Å². The molecule has 106 valence electrons. The number of alkyl halides is 3. The van der Waals surface area contributed by atoms with Crippen LogP contribution in [0, 0.1) is 0 Å². The van der Waals surface area contributed by atoms with E-state index in [-0.39, 0.29) is 10.6 Å². The van der Waals surface area contributed by atoms with Crippen LogP contribution in [-0.4, -0.2) is 6.61 Å². The van der Waals surface area contributed by atoms with Crippen molar-refractivity contribution >= 4 is 47.8 Å². The van der Waals surface area contributed by atoms with Gasteiger partial charge in [0.05, 0.1) is 4.83 Å². The van der Waals surface area contributed by atoms with Crippen molar-refractivity contribution in [2.75, 3.05) is 0 Å². The second-order valence-electron chi connectivity index (χ2n) is 3.94. The van der Waals surface area contributed by atoms with Crippen molar-refractivity contribution in [2.24, 2.45) is 0 Å². The Kier molecular flexibility index (Phi) is 5.57. The predicted octanol–water partition coefficient (Wildman–Crippen LogP) is 6.30. The van der Waals surface area contributed by atoms with Gasteiger partial charge in [-0.1, -0.05) is 66.0 Å². The Labute approximate surface area is 140 Å². The third-order valence-electron chi connectivity index (χ3n) is 2.64. The van der Waals surface area contributed by atoms with Crippen molar-refractivity contribution in [3.63, 3.8) is 0 Å². The number of rotatable bonds is 4. The zero-order chi connectivity index (χ0) is 14.7. The molecule has 0 N–H and O–H groups in total. The summed E-state index contributed by atoms with van der Waals surface area (Å²) in [6.07, 6.45) is 0. The first-order valence-corrected chi connectivity index (χ1v) is 8.12. The van der Waals surface area contributed by atoms with Gasteiger partial charge in [-0.2, -0.15) is 8.78 Å². The lowest BCUT2D eigenvalue weighted by molar-refractivity contribution is -0.0503. The van der Waals surface area contributed by atoms with Gasteiger partial charge in [-0.25, -0.2) is 0 Å². The average molecular weight is 471 g/mol. The molecular formula is C14H9Br3F2O. The maximum atomic E-state index is 12.5. The second kappa shape index (κ2) is 7.00. The first-order valence-electron chi connectivity index (χ1n) is 5.62. The Morgan fingerprint density at radius 3 is 2.35 bits per heavy atom. The lowest BCUT2D eigenvalue weighted by Gasteiger charge is -2.17. The minimum absolute atomic E-state index is 0.163. The molecule has 0 aliphatic carbocycles. The molecule has 0 spiro atoms. The van der Waals surface area contributed by atoms with Gasteiger partial charge in [0.25, 0.3) is 0 Å². The first kappa shape index (κ1) is 15.9. The Balaban J connectivity index is 2.42. The van der Waals surface area contributed by atoms with Crippen molar-refractivity contribution < 1.29 is 13.5 Å². The topological polar surface area (TPSA) is 9.23 Å². The number of benzene rings is 2. The lowest BCUT2D eigenvalue weighted by atomic mass is 10.0. The molecule has 1 nitrogen and oxygen atoms in total. The molecular weight excluding hydrogens is 462 g/mol. The van der Waals surface area contributed by atoms with E-state index < -0.39 is 6.61 Å². The highest BCUT2D eigenvalue weighted by Crippen LogP contribution is 2.40. The van der Waals surface area contributed by atoms with Crippen molar-refractivity contribution in [2.45, 2.75) is 11.4 Å². The SMILES string of the molecule is FC(F)Oc1ccccc1C(Br)c1cc(Br)ccc1Br. The Hall–Kier alpha value is -0.460. The molecule has 0 radical (unpaired) electrons. The van der Waals surface area contributed by atoms with Crippen LogP contribution in [0.3, 0.4) is 0 Å². The van der Waals surface area contributed by atoms with Crippen molar-refractivity contribution in [1.29, 1.82) is 0 Å². The summed E-state index contributed by atoms with van der Waals surface area (Å²) in [5.74, 6) is 0.163. The maximum absolute atomic E-state index is 12.5. The van der Waals surface area contributed by atoms with Gasteiger partial charge in [0, 0.05) is 14.5 Å². The van der Waals surface area contributed by atoms with Crippen LogP contribution in [0.1, 0.15) is 16.0 Å². The van der Waals surface area contributed by atoms with Crippen molar-refractivity contribution in [1.82, 2.24) is 0 Å². The largest absolute Gasteiger partial charge is 0.434 e. The average Bonchev–Trinajstić information content (AvgIpc) is 2.41. The highest BCUT2D eigenvalue weighted by molar-refractivity contribution is 9.11. The van der Waals surface area contributed by atoms with E-state index in [9.17, 15) is 8.78 Å². The number of para-hydroxylation sites is 1. The molecule has 0 aliphatic rings. The zero-order valence-corrected chi connectivity index (χ0v) is 14.8. The van der Waals surface area contributed by atoms with Crippen LogP contribution < -0.4 is 4.74 Å². The Bertz CT molecular complexity index is 605. The van der Waals surface area contributed by atoms with E-state index >= 15 is 0 Å². The number of hydrogen-bond acceptors (Lipinski definition) is 1. The molecule has 0 saturated heterocycles. The van der Waals surface area contributed by atoms with Crippen LogP contribution >= 0.6 is 47.8 Å². The molecule has 0 heterocycles. The molecule has 0 aliphatic heterocycles. The number of ether oxygens (including phenoxy) is 1. The first-order chi connectivity index (χ1) is 9.49. The summed E-state index contributed by atoms with van der Waals surface area (Å²) >= 11 is 10.4. The monoisotopic (exact) mass is 468 g/mol. The molecule has 0 amide bonds. The second-order valence-corrected chi connectivity index (χ2v) is 6.63. The molecule has 1 atom stereocenters. The maximum Gasteiger partial charge on any atom is 0.387 e. The van der Waals surface area contributed by atoms with E-state index in [1.54, 1.807) is 18.2 Å². The summed E-state index contributed by atoms with van der Waals surface area (Å²) < 4.78 is 31.3. The highest BCUT2D eigenvalue weighted by atomic mass is 79.9. The Morgan fingerprint density at radius 1 is 0.950 bits per heavy atom. The zero-order valence-electron chi connectivity index (χ0n) is 9.99. The summed E-state index contributed by atoms with van der Waals surface area (Å²) in [6.45, 7) is -2.85. The van der Waals surface area contributed by atoms with Gasteiger partial charge in [-0.3, -0.25) is 0 Å². The molecule has 20 heavy (non-hydrogen) atoms.